The van der Waals surface area contributed by atoms with Crippen molar-refractivity contribution in [2.75, 3.05) is 38.2 Å². The van der Waals surface area contributed by atoms with Crippen molar-refractivity contribution in [2.24, 2.45) is 0 Å². The van der Waals surface area contributed by atoms with E-state index < -0.39 is 0 Å². The first-order valence-corrected chi connectivity index (χ1v) is 14.7. The number of piperidine rings is 1. The summed E-state index contributed by atoms with van der Waals surface area (Å²) in [5.74, 6) is 2.17. The van der Waals surface area contributed by atoms with Gasteiger partial charge in [-0.2, -0.15) is 0 Å². The monoisotopic (exact) mass is 548 g/mol. The van der Waals surface area contributed by atoms with Crippen molar-refractivity contribution in [1.82, 2.24) is 15.1 Å². The van der Waals surface area contributed by atoms with Crippen molar-refractivity contribution in [2.45, 2.75) is 51.4 Å². The summed E-state index contributed by atoms with van der Waals surface area (Å²) in [6.07, 6.45) is 5.27. The second-order valence-electron chi connectivity index (χ2n) is 12.0. The Morgan fingerprint density at radius 2 is 1.68 bits per heavy atom. The highest BCUT2D eigenvalue weighted by atomic mass is 16.5. The van der Waals surface area contributed by atoms with Crippen LogP contribution in [0.25, 0.3) is 22.6 Å². The van der Waals surface area contributed by atoms with Crippen molar-refractivity contribution in [1.29, 1.82) is 0 Å². The van der Waals surface area contributed by atoms with E-state index in [2.05, 4.69) is 53.3 Å². The molecule has 4 heterocycles. The Morgan fingerprint density at radius 1 is 0.902 bits per heavy atom. The number of anilines is 1. The van der Waals surface area contributed by atoms with Gasteiger partial charge in [-0.1, -0.05) is 18.2 Å². The number of ether oxygens (including phenoxy) is 1. The van der Waals surface area contributed by atoms with Gasteiger partial charge in [-0.15, -0.1) is 10.2 Å². The molecule has 0 bridgehead atoms. The zero-order valence-corrected chi connectivity index (χ0v) is 24.1. The highest BCUT2D eigenvalue weighted by Gasteiger charge is 2.41. The van der Waals surface area contributed by atoms with Gasteiger partial charge in [-0.3, -0.25) is 4.79 Å². The molecule has 3 aliphatic rings. The number of amides is 1. The first-order chi connectivity index (χ1) is 19.9. The van der Waals surface area contributed by atoms with Crippen LogP contribution in [0.3, 0.4) is 0 Å². The number of rotatable bonds is 3. The molecular weight excluding hydrogens is 512 g/mol. The van der Waals surface area contributed by atoms with Crippen LogP contribution in [-0.2, 0) is 11.8 Å². The fraction of sp³-hybridized carbons (Fsp3) is 0.382. The number of carbonyl (C=O) groups is 1. The number of carbonyl (C=O) groups excluding carboxylic acids is 1. The second kappa shape index (κ2) is 10.1. The number of fused-ring (bicyclic) bond motifs is 3. The Balaban J connectivity index is 1.16. The lowest BCUT2D eigenvalue weighted by atomic mass is 9.69. The summed E-state index contributed by atoms with van der Waals surface area (Å²) in [7, 11) is 2.21. The zero-order valence-electron chi connectivity index (χ0n) is 24.1. The molecule has 0 aliphatic carbocycles. The van der Waals surface area contributed by atoms with E-state index in [1.165, 1.54) is 11.1 Å². The molecule has 210 valence electrons. The number of likely N-dealkylation sites (tertiary alicyclic amines) is 1. The maximum atomic E-state index is 13.9. The lowest BCUT2D eigenvalue weighted by molar-refractivity contribution is 0.0984. The summed E-state index contributed by atoms with van der Waals surface area (Å²) in [4.78, 5) is 18.3. The van der Waals surface area contributed by atoms with Crippen LogP contribution < -0.4 is 9.64 Å². The van der Waals surface area contributed by atoms with Crippen LogP contribution in [0.2, 0.25) is 0 Å². The number of hydrogen-bond acceptors (Lipinski definition) is 6. The summed E-state index contributed by atoms with van der Waals surface area (Å²) in [5.41, 5.74) is 8.64. The molecule has 7 rings (SSSR count). The van der Waals surface area contributed by atoms with Gasteiger partial charge in [0.25, 0.3) is 5.91 Å². The molecule has 1 amide bonds. The molecule has 1 aromatic heterocycles. The molecule has 3 aromatic carbocycles. The summed E-state index contributed by atoms with van der Waals surface area (Å²) in [6, 6.07) is 18.7. The minimum Gasteiger partial charge on any atom is -0.493 e. The maximum Gasteiger partial charge on any atom is 0.258 e. The smallest absolute Gasteiger partial charge is 0.258 e. The van der Waals surface area contributed by atoms with E-state index in [0.717, 1.165) is 92.0 Å². The Labute approximate surface area is 241 Å². The van der Waals surface area contributed by atoms with E-state index in [-0.39, 0.29) is 11.3 Å². The third-order valence-corrected chi connectivity index (χ3v) is 9.34. The van der Waals surface area contributed by atoms with E-state index in [1.807, 2.05) is 35.2 Å². The van der Waals surface area contributed by atoms with Crippen LogP contribution >= 0.6 is 0 Å². The average Bonchev–Trinajstić information content (AvgIpc) is 3.43. The maximum absolute atomic E-state index is 13.9. The molecule has 1 saturated heterocycles. The molecule has 0 atom stereocenters. The molecule has 0 unspecified atom stereocenters. The van der Waals surface area contributed by atoms with E-state index in [9.17, 15) is 4.79 Å². The molecule has 41 heavy (non-hydrogen) atoms. The van der Waals surface area contributed by atoms with Gasteiger partial charge >= 0.3 is 0 Å². The van der Waals surface area contributed by atoms with Gasteiger partial charge in [0.1, 0.15) is 5.75 Å². The van der Waals surface area contributed by atoms with Gasteiger partial charge in [0.05, 0.1) is 6.61 Å². The highest BCUT2D eigenvalue weighted by molar-refractivity contribution is 6.07. The van der Waals surface area contributed by atoms with Crippen LogP contribution in [0, 0.1) is 13.8 Å². The first-order valence-electron chi connectivity index (χ1n) is 14.7. The Bertz CT molecular complexity index is 1620. The third kappa shape index (κ3) is 4.62. The van der Waals surface area contributed by atoms with Crippen molar-refractivity contribution in [3.63, 3.8) is 0 Å². The quantitative estimate of drug-likeness (QED) is 0.297. The molecule has 1 fully saturated rings. The fourth-order valence-electron chi connectivity index (χ4n) is 6.89. The van der Waals surface area contributed by atoms with Crippen LogP contribution in [0.1, 0.15) is 58.6 Å². The van der Waals surface area contributed by atoms with Crippen molar-refractivity contribution >= 4 is 11.6 Å². The number of nitrogens with zero attached hydrogens (tertiary/aromatic N) is 4. The molecule has 7 nitrogen and oxygen atoms in total. The van der Waals surface area contributed by atoms with Crippen LogP contribution in [-0.4, -0.2) is 54.3 Å². The van der Waals surface area contributed by atoms with Crippen LogP contribution in [0.4, 0.5) is 5.69 Å². The fourth-order valence-corrected chi connectivity index (χ4v) is 6.89. The van der Waals surface area contributed by atoms with E-state index in [1.54, 1.807) is 6.92 Å². The minimum absolute atomic E-state index is 0.0606. The third-order valence-electron chi connectivity index (χ3n) is 9.34. The molecule has 3 aliphatic heterocycles. The van der Waals surface area contributed by atoms with Crippen molar-refractivity contribution < 1.29 is 13.9 Å². The number of aromatic nitrogens is 2. The van der Waals surface area contributed by atoms with Crippen molar-refractivity contribution in [3.8, 4) is 28.3 Å². The van der Waals surface area contributed by atoms with Gasteiger partial charge in [-0.05, 0) is 118 Å². The van der Waals surface area contributed by atoms with E-state index >= 15 is 0 Å². The first kappa shape index (κ1) is 26.0. The molecule has 4 aromatic rings. The lowest BCUT2D eigenvalue weighted by Gasteiger charge is -2.45. The minimum atomic E-state index is 0.0606. The predicted molar refractivity (Wildman–Crippen MR) is 160 cm³/mol. The zero-order chi connectivity index (χ0) is 28.1. The Kier molecular flexibility index (Phi) is 6.42. The molecule has 1 spiro atoms. The lowest BCUT2D eigenvalue weighted by Crippen LogP contribution is -2.44. The van der Waals surface area contributed by atoms with Gasteiger partial charge in [0.15, 0.2) is 0 Å². The molecule has 7 heteroatoms. The number of benzene rings is 3. The molecule has 0 saturated carbocycles. The van der Waals surface area contributed by atoms with Gasteiger partial charge in [-0.25, -0.2) is 0 Å². The van der Waals surface area contributed by atoms with Gasteiger partial charge < -0.3 is 19.0 Å². The number of hydrogen-bond donors (Lipinski definition) is 0. The molecular formula is C34H36N4O3. The number of aryl methyl sites for hydroxylation is 3. The summed E-state index contributed by atoms with van der Waals surface area (Å²) in [6.45, 7) is 7.58. The van der Waals surface area contributed by atoms with E-state index in [0.29, 0.717) is 17.3 Å². The van der Waals surface area contributed by atoms with Crippen LogP contribution in [0.5, 0.6) is 5.75 Å². The topological polar surface area (TPSA) is 71.7 Å². The van der Waals surface area contributed by atoms with Crippen molar-refractivity contribution in [3.05, 3.63) is 82.7 Å². The summed E-state index contributed by atoms with van der Waals surface area (Å²) in [5, 5.41) is 8.07. The van der Waals surface area contributed by atoms with Crippen LogP contribution in [0.15, 0.2) is 59.0 Å². The van der Waals surface area contributed by atoms with Gasteiger partial charge in [0.2, 0.25) is 11.8 Å². The highest BCUT2D eigenvalue weighted by Crippen LogP contribution is 2.48. The summed E-state index contributed by atoms with van der Waals surface area (Å²) >= 11 is 0. The Morgan fingerprint density at radius 3 is 2.41 bits per heavy atom. The molecule has 0 radical (unpaired) electrons. The standard InChI is InChI=1S/C34H36N4O3/c1-22-19-27(32-36-35-23(2)41-32)10-11-28(22)24-6-8-25(9-7-24)33(39)38-15-4-5-26-20-31-29(21-30(26)38)34(14-18-40-31)12-16-37(3)17-13-34/h6-11,19-21H,4-5,12-18H2,1-3H3. The largest absolute Gasteiger partial charge is 0.493 e. The Hall–Kier alpha value is -3.97. The predicted octanol–water partition coefficient (Wildman–Crippen LogP) is 6.36. The normalized spacial score (nSPS) is 18.1. The summed E-state index contributed by atoms with van der Waals surface area (Å²) < 4.78 is 11.8. The molecule has 0 N–H and O–H groups in total. The van der Waals surface area contributed by atoms with E-state index in [4.69, 9.17) is 9.15 Å². The van der Waals surface area contributed by atoms with Gasteiger partial charge in [0, 0.05) is 41.3 Å². The average molecular weight is 549 g/mol. The second-order valence-corrected chi connectivity index (χ2v) is 12.0. The SMILES string of the molecule is Cc1nnc(-c2ccc(-c3ccc(C(=O)N4CCCc5cc6c(cc54)C4(CCO6)CCN(C)CC4)cc3)c(C)c2)o1.